The molecule has 1 spiro atoms. The number of hydrogen-bond acceptors (Lipinski definition) is 5. The van der Waals surface area contributed by atoms with Gasteiger partial charge in [0.15, 0.2) is 23.1 Å². The minimum absolute atomic E-state index is 0.0267. The highest BCUT2D eigenvalue weighted by atomic mass is 19.2. The maximum Gasteiger partial charge on any atom is 0.246 e. The Morgan fingerprint density at radius 1 is 1.18 bits per heavy atom. The van der Waals surface area contributed by atoms with Gasteiger partial charge in [-0.3, -0.25) is 9.69 Å². The van der Waals surface area contributed by atoms with E-state index in [9.17, 15) is 23.8 Å². The molecule has 3 fully saturated rings. The zero-order valence-corrected chi connectivity index (χ0v) is 21.4. The molecule has 2 aromatic rings. The zero-order valence-electron chi connectivity index (χ0n) is 21.4. The maximum absolute atomic E-state index is 13.6. The van der Waals surface area contributed by atoms with E-state index in [1.807, 2.05) is 6.07 Å². The van der Waals surface area contributed by atoms with Crippen LogP contribution in [0.25, 0.3) is 6.08 Å². The number of amides is 1. The average molecular weight is 523 g/mol. The van der Waals surface area contributed by atoms with Crippen molar-refractivity contribution in [3.05, 3.63) is 64.7 Å². The number of phenolic OH excluding ortho intramolecular Hbond substituents is 1. The summed E-state index contributed by atoms with van der Waals surface area (Å²) in [4.78, 5) is 17.4. The number of likely N-dealkylation sites (tertiary alicyclic amines) is 1. The standard InChI is InChI=1S/C30H32F2N2O4/c1-33(25(36)9-5-17-4-7-20(31)21(32)14-17)22-10-11-30(37)24-15-19-6-8-23(35)27-26(19)29(30,28(22)38-27)12-13-34(24)16-18-2-3-18/h4-9,14,18,22,24,28,35,37H,2-3,10-13,15-16H2,1H3/b9-5+/t22-,24-,28+,29+,30-/m1/s1. The Balaban J connectivity index is 1.23. The van der Waals surface area contributed by atoms with Crippen molar-refractivity contribution < 1.29 is 28.5 Å². The fourth-order valence-corrected chi connectivity index (χ4v) is 7.92. The number of halogens is 2. The van der Waals surface area contributed by atoms with Crippen molar-refractivity contribution in [1.29, 1.82) is 0 Å². The Bertz CT molecular complexity index is 1360. The number of aromatic hydroxyl groups is 1. The second-order valence-electron chi connectivity index (χ2n) is 11.9. The fraction of sp³-hybridized carbons (Fsp3) is 0.500. The number of likely N-dealkylation sites (N-methyl/N-ethyl adjacent to an activating group) is 1. The van der Waals surface area contributed by atoms with E-state index in [0.717, 1.165) is 42.8 Å². The third-order valence-electron chi connectivity index (χ3n) is 9.94. The molecule has 5 atom stereocenters. The molecule has 1 amide bonds. The average Bonchev–Trinajstić information content (AvgIpc) is 3.64. The largest absolute Gasteiger partial charge is 0.504 e. The second kappa shape index (κ2) is 8.26. The molecule has 7 rings (SSSR count). The molecule has 0 unspecified atom stereocenters. The van der Waals surface area contributed by atoms with Crippen LogP contribution in [0.2, 0.25) is 0 Å². The van der Waals surface area contributed by atoms with Crippen LogP contribution in [0.3, 0.4) is 0 Å². The van der Waals surface area contributed by atoms with Crippen LogP contribution < -0.4 is 4.74 Å². The summed E-state index contributed by atoms with van der Waals surface area (Å²) >= 11 is 0. The van der Waals surface area contributed by atoms with Crippen molar-refractivity contribution in [1.82, 2.24) is 9.80 Å². The van der Waals surface area contributed by atoms with Crippen molar-refractivity contribution in [2.24, 2.45) is 5.92 Å². The molecule has 0 aromatic heterocycles. The van der Waals surface area contributed by atoms with Gasteiger partial charge in [0.2, 0.25) is 5.91 Å². The lowest BCUT2D eigenvalue weighted by molar-refractivity contribution is -0.200. The second-order valence-corrected chi connectivity index (χ2v) is 11.9. The highest BCUT2D eigenvalue weighted by molar-refractivity contribution is 5.92. The van der Waals surface area contributed by atoms with Crippen molar-refractivity contribution in [3.8, 4) is 11.5 Å². The summed E-state index contributed by atoms with van der Waals surface area (Å²) in [6.07, 6.45) is 7.34. The molecule has 2 aliphatic heterocycles. The van der Waals surface area contributed by atoms with E-state index in [1.54, 1.807) is 18.0 Å². The molecule has 2 saturated carbocycles. The smallest absolute Gasteiger partial charge is 0.246 e. The number of ether oxygens (including phenoxy) is 1. The van der Waals surface area contributed by atoms with Crippen molar-refractivity contribution in [2.75, 3.05) is 20.1 Å². The lowest BCUT2D eigenvalue weighted by atomic mass is 9.48. The van der Waals surface area contributed by atoms with E-state index in [0.29, 0.717) is 36.5 Å². The monoisotopic (exact) mass is 522 g/mol. The molecule has 1 saturated heterocycles. The molecule has 2 aromatic carbocycles. The molecule has 2 bridgehead atoms. The molecular weight excluding hydrogens is 490 g/mol. The highest BCUT2D eigenvalue weighted by Gasteiger charge is 2.73. The third kappa shape index (κ3) is 3.26. The summed E-state index contributed by atoms with van der Waals surface area (Å²) in [5.41, 5.74) is 0.706. The molecule has 5 aliphatic rings. The first-order valence-corrected chi connectivity index (χ1v) is 13.6. The molecular formula is C30H32F2N2O4. The molecule has 3 aliphatic carbocycles. The Hall–Kier alpha value is -2.97. The number of rotatable bonds is 5. The van der Waals surface area contributed by atoms with Gasteiger partial charge in [-0.25, -0.2) is 8.78 Å². The first kappa shape index (κ1) is 24.1. The molecule has 38 heavy (non-hydrogen) atoms. The van der Waals surface area contributed by atoms with E-state index in [-0.39, 0.29) is 23.7 Å². The number of carbonyl (C=O) groups is 1. The van der Waals surface area contributed by atoms with Crippen LogP contribution in [0, 0.1) is 17.6 Å². The van der Waals surface area contributed by atoms with Gasteiger partial charge in [-0.05, 0) is 86.4 Å². The van der Waals surface area contributed by atoms with E-state index in [4.69, 9.17) is 4.74 Å². The van der Waals surface area contributed by atoms with Crippen LogP contribution >= 0.6 is 0 Å². The van der Waals surface area contributed by atoms with Crippen LogP contribution in [0.4, 0.5) is 8.78 Å². The van der Waals surface area contributed by atoms with Crippen molar-refractivity contribution >= 4 is 12.0 Å². The number of aliphatic hydroxyl groups is 1. The normalized spacial score (nSPS) is 33.2. The van der Waals surface area contributed by atoms with Crippen LogP contribution in [-0.4, -0.2) is 69.8 Å². The maximum atomic E-state index is 13.6. The summed E-state index contributed by atoms with van der Waals surface area (Å²) in [6.45, 7) is 1.85. The van der Waals surface area contributed by atoms with E-state index < -0.39 is 28.8 Å². The minimum atomic E-state index is -1.02. The first-order chi connectivity index (χ1) is 18.2. The Morgan fingerprint density at radius 3 is 2.76 bits per heavy atom. The summed E-state index contributed by atoms with van der Waals surface area (Å²) in [5.74, 6) is -0.962. The predicted octanol–water partition coefficient (Wildman–Crippen LogP) is 3.77. The van der Waals surface area contributed by atoms with Gasteiger partial charge >= 0.3 is 0 Å². The number of benzene rings is 2. The minimum Gasteiger partial charge on any atom is -0.504 e. The van der Waals surface area contributed by atoms with Gasteiger partial charge in [0.05, 0.1) is 17.1 Å². The van der Waals surface area contributed by atoms with Gasteiger partial charge in [0.25, 0.3) is 0 Å². The summed E-state index contributed by atoms with van der Waals surface area (Å²) in [7, 11) is 1.72. The summed E-state index contributed by atoms with van der Waals surface area (Å²) < 4.78 is 33.5. The quantitative estimate of drug-likeness (QED) is 0.585. The van der Waals surface area contributed by atoms with E-state index in [2.05, 4.69) is 4.90 Å². The number of piperidine rings is 1. The Kier molecular flexibility index (Phi) is 5.24. The van der Waals surface area contributed by atoms with E-state index >= 15 is 0 Å². The van der Waals surface area contributed by atoms with Gasteiger partial charge < -0.3 is 19.8 Å². The van der Waals surface area contributed by atoms with Gasteiger partial charge in [-0.2, -0.15) is 0 Å². The summed E-state index contributed by atoms with van der Waals surface area (Å²) in [6, 6.07) is 6.80. The first-order valence-electron chi connectivity index (χ1n) is 13.6. The van der Waals surface area contributed by atoms with E-state index in [1.165, 1.54) is 31.1 Å². The number of carbonyl (C=O) groups excluding carboxylic acids is 1. The molecule has 0 radical (unpaired) electrons. The number of phenols is 1. The Labute approximate surface area is 220 Å². The third-order valence-corrected chi connectivity index (χ3v) is 9.94. The van der Waals surface area contributed by atoms with Crippen molar-refractivity contribution in [3.63, 3.8) is 0 Å². The van der Waals surface area contributed by atoms with Crippen LogP contribution in [0.1, 0.15) is 48.8 Å². The van der Waals surface area contributed by atoms with Gasteiger partial charge in [0, 0.05) is 31.3 Å². The lowest BCUT2D eigenvalue weighted by Crippen LogP contribution is -2.78. The fourth-order valence-electron chi connectivity index (χ4n) is 7.92. The lowest BCUT2D eigenvalue weighted by Gasteiger charge is -2.64. The molecule has 6 nitrogen and oxygen atoms in total. The highest BCUT2D eigenvalue weighted by Crippen LogP contribution is 2.66. The number of hydrogen-bond donors (Lipinski definition) is 2. The molecule has 2 heterocycles. The van der Waals surface area contributed by atoms with Gasteiger partial charge in [-0.1, -0.05) is 12.1 Å². The van der Waals surface area contributed by atoms with Gasteiger partial charge in [-0.15, -0.1) is 0 Å². The molecule has 2 N–H and O–H groups in total. The van der Waals surface area contributed by atoms with Crippen LogP contribution in [0.15, 0.2) is 36.4 Å². The SMILES string of the molecule is CN(C(=O)/C=C/c1ccc(F)c(F)c1)[C@@H]1CC[C@@]2(O)[C@H]3Cc4ccc(O)c5c4[C@@]2(CCN3CC2CC2)[C@H]1O5. The van der Waals surface area contributed by atoms with Gasteiger partial charge in [0.1, 0.15) is 6.10 Å². The Morgan fingerprint density at radius 2 is 2.00 bits per heavy atom. The van der Waals surface area contributed by atoms with Crippen LogP contribution in [0.5, 0.6) is 11.5 Å². The summed E-state index contributed by atoms with van der Waals surface area (Å²) in [5, 5.41) is 23.3. The topological polar surface area (TPSA) is 73.2 Å². The van der Waals surface area contributed by atoms with Crippen molar-refractivity contribution in [2.45, 2.75) is 67.7 Å². The van der Waals surface area contributed by atoms with Crippen LogP contribution in [-0.2, 0) is 16.6 Å². The zero-order chi connectivity index (χ0) is 26.4. The molecule has 200 valence electrons. The molecule has 8 heteroatoms. The predicted molar refractivity (Wildman–Crippen MR) is 137 cm³/mol. The number of nitrogens with zero attached hydrogens (tertiary/aromatic N) is 2.